The minimum Gasteiger partial charge on any atom is -0.245 e. The van der Waals surface area contributed by atoms with Crippen molar-refractivity contribution in [3.63, 3.8) is 0 Å². The van der Waals surface area contributed by atoms with Crippen LogP contribution in [0.3, 0.4) is 0 Å². The number of thiophene rings is 1. The molecule has 0 fully saturated rings. The number of sulfone groups is 1. The molecule has 0 aliphatic rings. The fourth-order valence-corrected chi connectivity index (χ4v) is 6.10. The third-order valence-corrected chi connectivity index (χ3v) is 7.54. The second kappa shape index (κ2) is 6.46. The van der Waals surface area contributed by atoms with Crippen molar-refractivity contribution in [1.29, 1.82) is 0 Å². The molecule has 0 atom stereocenters. The average molecular weight is 404 g/mol. The predicted molar refractivity (Wildman–Crippen MR) is 102 cm³/mol. The topological polar surface area (TPSA) is 47.0 Å². The lowest BCUT2D eigenvalue weighted by molar-refractivity contribution is 0.598. The van der Waals surface area contributed by atoms with Gasteiger partial charge in [0.1, 0.15) is 14.9 Å². The van der Waals surface area contributed by atoms with Gasteiger partial charge in [-0.05, 0) is 48.0 Å². The standard InChI is InChI=1S/C19H11ClFNO2S2/c20-13-3-1-4-15(11-13)26(23,24)19-17(12-6-8-14(21)9-7-12)16-5-2-10-22-18(16)25-19/h1-11H. The Kier molecular flexibility index (Phi) is 4.26. The van der Waals surface area contributed by atoms with Gasteiger partial charge in [-0.15, -0.1) is 11.3 Å². The second-order valence-electron chi connectivity index (χ2n) is 5.59. The molecule has 3 nitrogen and oxygen atoms in total. The van der Waals surface area contributed by atoms with Gasteiger partial charge in [0, 0.05) is 22.2 Å². The molecule has 7 heteroatoms. The highest BCUT2D eigenvalue weighted by Crippen LogP contribution is 2.43. The third-order valence-electron chi connectivity index (χ3n) is 3.92. The Morgan fingerprint density at radius 1 is 1.00 bits per heavy atom. The van der Waals surface area contributed by atoms with Gasteiger partial charge in [0.05, 0.1) is 4.90 Å². The van der Waals surface area contributed by atoms with Crippen LogP contribution >= 0.6 is 22.9 Å². The summed E-state index contributed by atoms with van der Waals surface area (Å²) in [7, 11) is -3.81. The summed E-state index contributed by atoms with van der Waals surface area (Å²) in [4.78, 5) is 5.00. The zero-order valence-electron chi connectivity index (χ0n) is 13.2. The Morgan fingerprint density at radius 2 is 1.77 bits per heavy atom. The molecular weight excluding hydrogens is 393 g/mol. The fraction of sp³-hybridized carbons (Fsp3) is 0. The van der Waals surface area contributed by atoms with Crippen molar-refractivity contribution in [1.82, 2.24) is 4.98 Å². The Morgan fingerprint density at radius 3 is 2.50 bits per heavy atom. The van der Waals surface area contributed by atoms with E-state index in [1.165, 1.54) is 24.3 Å². The number of pyridine rings is 1. The predicted octanol–water partition coefficient (Wildman–Crippen LogP) is 5.59. The first kappa shape index (κ1) is 17.1. The van der Waals surface area contributed by atoms with Crippen LogP contribution in [-0.4, -0.2) is 13.4 Å². The van der Waals surface area contributed by atoms with Crippen LogP contribution in [0, 0.1) is 5.82 Å². The van der Waals surface area contributed by atoms with Crippen molar-refractivity contribution in [3.05, 3.63) is 77.7 Å². The molecule has 4 rings (SSSR count). The van der Waals surface area contributed by atoms with E-state index in [0.29, 0.717) is 26.4 Å². The molecule has 0 bridgehead atoms. The summed E-state index contributed by atoms with van der Waals surface area (Å²) in [6.07, 6.45) is 1.61. The lowest BCUT2D eigenvalue weighted by atomic mass is 10.1. The van der Waals surface area contributed by atoms with Crippen molar-refractivity contribution in [2.45, 2.75) is 9.10 Å². The number of hydrogen-bond donors (Lipinski definition) is 0. The number of nitrogens with zero attached hydrogens (tertiary/aromatic N) is 1. The van der Waals surface area contributed by atoms with Gasteiger partial charge in [0.15, 0.2) is 0 Å². The van der Waals surface area contributed by atoms with Gasteiger partial charge in [-0.25, -0.2) is 17.8 Å². The third kappa shape index (κ3) is 2.90. The van der Waals surface area contributed by atoms with Crippen molar-refractivity contribution in [2.24, 2.45) is 0 Å². The SMILES string of the molecule is O=S(=O)(c1cccc(Cl)c1)c1sc2ncccc2c1-c1ccc(F)cc1. The minimum atomic E-state index is -3.81. The zero-order valence-corrected chi connectivity index (χ0v) is 15.6. The summed E-state index contributed by atoms with van der Waals surface area (Å²) in [6, 6.07) is 15.5. The smallest absolute Gasteiger partial charge is 0.216 e. The number of rotatable bonds is 3. The van der Waals surface area contributed by atoms with Crippen molar-refractivity contribution >= 4 is 43.0 Å². The number of fused-ring (bicyclic) bond motifs is 1. The van der Waals surface area contributed by atoms with Gasteiger partial charge in [-0.3, -0.25) is 0 Å². The van der Waals surface area contributed by atoms with E-state index >= 15 is 0 Å². The molecule has 0 aliphatic carbocycles. The monoisotopic (exact) mass is 403 g/mol. The Bertz CT molecular complexity index is 1220. The van der Waals surface area contributed by atoms with Crippen LogP contribution in [0.25, 0.3) is 21.3 Å². The molecule has 130 valence electrons. The first-order chi connectivity index (χ1) is 12.5. The zero-order chi connectivity index (χ0) is 18.3. The molecule has 0 unspecified atom stereocenters. The molecule has 0 saturated carbocycles. The second-order valence-corrected chi connectivity index (χ2v) is 9.17. The summed E-state index contributed by atoms with van der Waals surface area (Å²) in [5, 5.41) is 1.05. The van der Waals surface area contributed by atoms with Gasteiger partial charge in [-0.1, -0.05) is 29.8 Å². The van der Waals surface area contributed by atoms with Crippen molar-refractivity contribution in [3.8, 4) is 11.1 Å². The molecule has 0 N–H and O–H groups in total. The van der Waals surface area contributed by atoms with Gasteiger partial charge < -0.3 is 0 Å². The van der Waals surface area contributed by atoms with E-state index in [1.54, 1.807) is 36.5 Å². The van der Waals surface area contributed by atoms with E-state index in [-0.39, 0.29) is 14.9 Å². The normalized spacial score (nSPS) is 11.8. The number of halogens is 2. The minimum absolute atomic E-state index is 0.111. The summed E-state index contributed by atoms with van der Waals surface area (Å²) in [5.41, 5.74) is 1.14. The molecule has 0 aliphatic heterocycles. The number of aromatic nitrogens is 1. The molecule has 0 amide bonds. The van der Waals surface area contributed by atoms with Crippen LogP contribution in [0.1, 0.15) is 0 Å². The summed E-state index contributed by atoms with van der Waals surface area (Å²) in [5.74, 6) is -0.384. The molecular formula is C19H11ClFNO2S2. The maximum absolute atomic E-state index is 13.3. The van der Waals surface area contributed by atoms with Crippen LogP contribution < -0.4 is 0 Å². The van der Waals surface area contributed by atoms with E-state index in [4.69, 9.17) is 11.6 Å². The Hall–Kier alpha value is -2.28. The summed E-state index contributed by atoms with van der Waals surface area (Å²) >= 11 is 7.07. The highest BCUT2D eigenvalue weighted by atomic mass is 35.5. The molecule has 2 heterocycles. The molecule has 0 saturated heterocycles. The van der Waals surface area contributed by atoms with Crippen molar-refractivity contribution in [2.75, 3.05) is 0 Å². The average Bonchev–Trinajstić information content (AvgIpc) is 3.03. The molecule has 2 aromatic carbocycles. The van der Waals surface area contributed by atoms with E-state index < -0.39 is 9.84 Å². The molecule has 0 spiro atoms. The van der Waals surface area contributed by atoms with Gasteiger partial charge in [0.25, 0.3) is 0 Å². The van der Waals surface area contributed by atoms with Gasteiger partial charge in [0.2, 0.25) is 9.84 Å². The lowest BCUT2D eigenvalue weighted by Crippen LogP contribution is -2.01. The van der Waals surface area contributed by atoms with Crippen LogP contribution in [0.15, 0.2) is 76.0 Å². The van der Waals surface area contributed by atoms with Crippen molar-refractivity contribution < 1.29 is 12.8 Å². The molecule has 0 radical (unpaired) electrons. The Labute approximate surface area is 158 Å². The first-order valence-corrected chi connectivity index (χ1v) is 10.3. The summed E-state index contributed by atoms with van der Waals surface area (Å²) in [6.45, 7) is 0. The summed E-state index contributed by atoms with van der Waals surface area (Å²) < 4.78 is 40.0. The molecule has 2 aromatic heterocycles. The fourth-order valence-electron chi connectivity index (χ4n) is 2.73. The maximum Gasteiger partial charge on any atom is 0.216 e. The van der Waals surface area contributed by atoms with Gasteiger partial charge in [-0.2, -0.15) is 0 Å². The van der Waals surface area contributed by atoms with E-state index in [0.717, 1.165) is 11.3 Å². The largest absolute Gasteiger partial charge is 0.245 e. The van der Waals surface area contributed by atoms with Crippen LogP contribution in [0.2, 0.25) is 5.02 Å². The quantitative estimate of drug-likeness (QED) is 0.448. The van der Waals surface area contributed by atoms with Gasteiger partial charge >= 0.3 is 0 Å². The van der Waals surface area contributed by atoms with E-state index in [1.807, 2.05) is 6.07 Å². The molecule has 4 aromatic rings. The number of hydrogen-bond acceptors (Lipinski definition) is 4. The van der Waals surface area contributed by atoms with E-state index in [2.05, 4.69) is 4.98 Å². The molecule has 26 heavy (non-hydrogen) atoms. The van der Waals surface area contributed by atoms with Crippen LogP contribution in [-0.2, 0) is 9.84 Å². The first-order valence-electron chi connectivity index (χ1n) is 7.61. The van der Waals surface area contributed by atoms with E-state index in [9.17, 15) is 12.8 Å². The highest BCUT2D eigenvalue weighted by Gasteiger charge is 2.27. The Balaban J connectivity index is 2.04. The van der Waals surface area contributed by atoms with Crippen LogP contribution in [0.5, 0.6) is 0 Å². The number of benzene rings is 2. The lowest BCUT2D eigenvalue weighted by Gasteiger charge is -2.07. The highest BCUT2D eigenvalue weighted by molar-refractivity contribution is 7.93. The maximum atomic E-state index is 13.3. The van der Waals surface area contributed by atoms with Crippen LogP contribution in [0.4, 0.5) is 4.39 Å².